The molecule has 0 aromatic carbocycles. The van der Waals surface area contributed by atoms with Crippen molar-refractivity contribution in [2.45, 2.75) is 25.4 Å². The number of rotatable bonds is 2. The Kier molecular flexibility index (Phi) is 2.94. The number of hydrogen-bond donors (Lipinski definition) is 1. The molecule has 2 aliphatic carbocycles. The molecule has 3 aliphatic rings. The highest BCUT2D eigenvalue weighted by Gasteiger charge is 2.47. The zero-order valence-electron chi connectivity index (χ0n) is 10.3. The molecule has 3 fully saturated rings. The van der Waals surface area contributed by atoms with E-state index in [4.69, 9.17) is 0 Å². The molecule has 2 saturated carbocycles. The monoisotopic (exact) mass is 224 g/mol. The molecule has 3 heteroatoms. The zero-order chi connectivity index (χ0) is 11.1. The summed E-state index contributed by atoms with van der Waals surface area (Å²) >= 11 is 0. The summed E-state index contributed by atoms with van der Waals surface area (Å²) in [6.45, 7) is 5.91. The van der Waals surface area contributed by atoms with Crippen molar-refractivity contribution in [3.05, 3.63) is 0 Å². The van der Waals surface area contributed by atoms with Gasteiger partial charge < -0.3 is 14.9 Å². The molecule has 92 valence electrons. The first-order chi connectivity index (χ1) is 7.74. The second-order valence-corrected chi connectivity index (χ2v) is 6.09. The van der Waals surface area contributed by atoms with E-state index in [2.05, 4.69) is 16.8 Å². The van der Waals surface area contributed by atoms with Gasteiger partial charge in [-0.25, -0.2) is 0 Å². The summed E-state index contributed by atoms with van der Waals surface area (Å²) in [7, 11) is 2.20. The average molecular weight is 224 g/mol. The second-order valence-electron chi connectivity index (χ2n) is 6.09. The van der Waals surface area contributed by atoms with Crippen molar-refractivity contribution in [2.24, 2.45) is 17.8 Å². The number of hydrogen-bond acceptors (Lipinski definition) is 3. The van der Waals surface area contributed by atoms with Crippen LogP contribution in [0.25, 0.3) is 0 Å². The van der Waals surface area contributed by atoms with E-state index in [-0.39, 0.29) is 6.10 Å². The molecule has 4 atom stereocenters. The van der Waals surface area contributed by atoms with Crippen LogP contribution in [0.3, 0.4) is 0 Å². The number of nitrogens with zero attached hydrogens (tertiary/aromatic N) is 2. The van der Waals surface area contributed by atoms with Crippen LogP contribution >= 0.6 is 0 Å². The lowest BCUT2D eigenvalue weighted by atomic mass is 9.86. The SMILES string of the molecule is CN1CCN(C[C@H]2[C@@H]3CC[C@@H](C3)[C@@H]2O)CC1. The molecule has 0 spiro atoms. The first-order valence-electron chi connectivity index (χ1n) is 6.83. The lowest BCUT2D eigenvalue weighted by molar-refractivity contribution is 0.0282. The molecule has 0 amide bonds. The van der Waals surface area contributed by atoms with Crippen molar-refractivity contribution in [3.63, 3.8) is 0 Å². The van der Waals surface area contributed by atoms with Crippen molar-refractivity contribution in [1.29, 1.82) is 0 Å². The maximum Gasteiger partial charge on any atom is 0.0611 e. The van der Waals surface area contributed by atoms with E-state index >= 15 is 0 Å². The molecule has 2 bridgehead atoms. The maximum atomic E-state index is 10.2. The van der Waals surface area contributed by atoms with Gasteiger partial charge in [-0.2, -0.15) is 0 Å². The molecular weight excluding hydrogens is 200 g/mol. The minimum Gasteiger partial charge on any atom is -0.392 e. The second kappa shape index (κ2) is 4.28. The van der Waals surface area contributed by atoms with E-state index in [1.807, 2.05) is 0 Å². The molecule has 0 aromatic heterocycles. The van der Waals surface area contributed by atoms with Gasteiger partial charge >= 0.3 is 0 Å². The Bertz CT molecular complexity index is 248. The normalized spacial score (nSPS) is 45.4. The first-order valence-corrected chi connectivity index (χ1v) is 6.83. The van der Waals surface area contributed by atoms with Crippen molar-refractivity contribution in [3.8, 4) is 0 Å². The molecule has 3 rings (SSSR count). The highest BCUT2D eigenvalue weighted by Crippen LogP contribution is 2.48. The zero-order valence-corrected chi connectivity index (χ0v) is 10.3. The fourth-order valence-corrected chi connectivity index (χ4v) is 3.97. The van der Waals surface area contributed by atoms with Crippen LogP contribution in [0.4, 0.5) is 0 Å². The molecule has 16 heavy (non-hydrogen) atoms. The molecule has 0 unspecified atom stereocenters. The van der Waals surface area contributed by atoms with E-state index in [1.54, 1.807) is 0 Å². The standard InChI is InChI=1S/C13H24N2O/c1-14-4-6-15(7-5-14)9-12-10-2-3-11(8-10)13(12)16/h10-13,16H,2-9H2,1H3/t10-,11+,12+,13+/m1/s1. The Hall–Kier alpha value is -0.120. The smallest absolute Gasteiger partial charge is 0.0611 e. The highest BCUT2D eigenvalue weighted by molar-refractivity contribution is 4.97. The maximum absolute atomic E-state index is 10.2. The lowest BCUT2D eigenvalue weighted by Gasteiger charge is -2.37. The first kappa shape index (κ1) is 11.0. The van der Waals surface area contributed by atoms with Gasteiger partial charge in [0, 0.05) is 38.6 Å². The van der Waals surface area contributed by atoms with Gasteiger partial charge in [-0.3, -0.25) is 0 Å². The van der Waals surface area contributed by atoms with Crippen molar-refractivity contribution >= 4 is 0 Å². The molecule has 1 saturated heterocycles. The predicted octanol–water partition coefficient (Wildman–Crippen LogP) is 0.641. The molecule has 1 aliphatic heterocycles. The minimum atomic E-state index is 0.0124. The topological polar surface area (TPSA) is 26.7 Å². The van der Waals surface area contributed by atoms with Crippen LogP contribution in [-0.4, -0.2) is 60.8 Å². The van der Waals surface area contributed by atoms with E-state index in [0.717, 1.165) is 12.5 Å². The minimum absolute atomic E-state index is 0.0124. The van der Waals surface area contributed by atoms with Gasteiger partial charge in [0.25, 0.3) is 0 Å². The van der Waals surface area contributed by atoms with Crippen LogP contribution in [0.5, 0.6) is 0 Å². The Balaban J connectivity index is 1.55. The summed E-state index contributed by atoms with van der Waals surface area (Å²) in [5, 5.41) is 10.2. The quantitative estimate of drug-likeness (QED) is 0.746. The Morgan fingerprint density at radius 1 is 1.06 bits per heavy atom. The number of aliphatic hydroxyl groups is 1. The van der Waals surface area contributed by atoms with Gasteiger partial charge in [-0.05, 0) is 38.1 Å². The summed E-state index contributed by atoms with van der Waals surface area (Å²) in [6.07, 6.45) is 3.98. The van der Waals surface area contributed by atoms with Crippen LogP contribution in [0.2, 0.25) is 0 Å². The molecule has 3 nitrogen and oxygen atoms in total. The summed E-state index contributed by atoms with van der Waals surface area (Å²) in [5.74, 6) is 2.06. The van der Waals surface area contributed by atoms with Gasteiger partial charge in [-0.1, -0.05) is 0 Å². The van der Waals surface area contributed by atoms with Crippen LogP contribution in [0, 0.1) is 17.8 Å². The molecular formula is C13H24N2O. The van der Waals surface area contributed by atoms with Gasteiger partial charge in [0.05, 0.1) is 6.10 Å². The third-order valence-corrected chi connectivity index (χ3v) is 5.11. The van der Waals surface area contributed by atoms with Crippen molar-refractivity contribution in [1.82, 2.24) is 9.80 Å². The van der Waals surface area contributed by atoms with Gasteiger partial charge in [0.2, 0.25) is 0 Å². The number of likely N-dealkylation sites (N-methyl/N-ethyl adjacent to an activating group) is 1. The third kappa shape index (κ3) is 1.89. The Morgan fingerprint density at radius 3 is 2.38 bits per heavy atom. The fourth-order valence-electron chi connectivity index (χ4n) is 3.97. The van der Waals surface area contributed by atoms with E-state index in [0.29, 0.717) is 11.8 Å². The largest absolute Gasteiger partial charge is 0.392 e. The number of aliphatic hydroxyl groups excluding tert-OH is 1. The Morgan fingerprint density at radius 2 is 1.75 bits per heavy atom. The summed E-state index contributed by atoms with van der Waals surface area (Å²) in [4.78, 5) is 4.96. The Labute approximate surface area is 98.4 Å². The van der Waals surface area contributed by atoms with Crippen molar-refractivity contribution < 1.29 is 5.11 Å². The predicted molar refractivity (Wildman–Crippen MR) is 64.3 cm³/mol. The van der Waals surface area contributed by atoms with Gasteiger partial charge in [0.15, 0.2) is 0 Å². The van der Waals surface area contributed by atoms with Crippen LogP contribution in [0.15, 0.2) is 0 Å². The highest BCUT2D eigenvalue weighted by atomic mass is 16.3. The summed E-state index contributed by atoms with van der Waals surface area (Å²) in [6, 6.07) is 0. The molecule has 1 N–H and O–H groups in total. The number of piperazine rings is 1. The summed E-state index contributed by atoms with van der Waals surface area (Å²) < 4.78 is 0. The van der Waals surface area contributed by atoms with Gasteiger partial charge in [-0.15, -0.1) is 0 Å². The molecule has 0 aromatic rings. The van der Waals surface area contributed by atoms with E-state index < -0.39 is 0 Å². The third-order valence-electron chi connectivity index (χ3n) is 5.11. The molecule has 0 radical (unpaired) electrons. The fraction of sp³-hybridized carbons (Fsp3) is 1.00. The van der Waals surface area contributed by atoms with Crippen LogP contribution in [-0.2, 0) is 0 Å². The van der Waals surface area contributed by atoms with Gasteiger partial charge in [0.1, 0.15) is 0 Å². The number of fused-ring (bicyclic) bond motifs is 2. The van der Waals surface area contributed by atoms with E-state index in [1.165, 1.54) is 45.4 Å². The van der Waals surface area contributed by atoms with E-state index in [9.17, 15) is 5.11 Å². The average Bonchev–Trinajstić information content (AvgIpc) is 2.85. The summed E-state index contributed by atoms with van der Waals surface area (Å²) in [5.41, 5.74) is 0. The van der Waals surface area contributed by atoms with Crippen LogP contribution in [0.1, 0.15) is 19.3 Å². The van der Waals surface area contributed by atoms with Crippen molar-refractivity contribution in [2.75, 3.05) is 39.8 Å². The molecule has 1 heterocycles. The lowest BCUT2D eigenvalue weighted by Crippen LogP contribution is -2.48. The van der Waals surface area contributed by atoms with Crippen LogP contribution < -0.4 is 0 Å².